The van der Waals surface area contributed by atoms with Gasteiger partial charge < -0.3 is 11.5 Å². The van der Waals surface area contributed by atoms with Gasteiger partial charge in [0.15, 0.2) is 0 Å². The molecule has 1 aromatic carbocycles. The molecule has 0 saturated carbocycles. The normalized spacial score (nSPS) is 11.5. The third kappa shape index (κ3) is 4.92. The summed E-state index contributed by atoms with van der Waals surface area (Å²) >= 11 is 0. The second-order valence-corrected chi connectivity index (χ2v) is 6.38. The fourth-order valence-electron chi connectivity index (χ4n) is 1.78. The smallest absolute Gasteiger partial charge is 0.240 e. The van der Waals surface area contributed by atoms with Crippen molar-refractivity contribution in [3.05, 3.63) is 29.3 Å². The number of hydrogen-bond acceptors (Lipinski definition) is 4. The lowest BCUT2D eigenvalue weighted by atomic mass is 10.1. The zero-order valence-corrected chi connectivity index (χ0v) is 12.4. The maximum Gasteiger partial charge on any atom is 0.240 e. The summed E-state index contributed by atoms with van der Waals surface area (Å²) in [6, 6.07) is 4.87. The Balaban J connectivity index is 2.60. The van der Waals surface area contributed by atoms with Crippen LogP contribution in [0.25, 0.3) is 0 Å². The number of sulfonamides is 1. The Morgan fingerprint density at radius 3 is 2.55 bits per heavy atom. The van der Waals surface area contributed by atoms with E-state index in [2.05, 4.69) is 4.72 Å². The summed E-state index contributed by atoms with van der Waals surface area (Å²) in [5.74, 6) is -0.374. The van der Waals surface area contributed by atoms with E-state index in [9.17, 15) is 13.2 Å². The van der Waals surface area contributed by atoms with Gasteiger partial charge in [-0.3, -0.25) is 4.79 Å². The van der Waals surface area contributed by atoms with Crippen molar-refractivity contribution in [1.29, 1.82) is 0 Å². The molecule has 20 heavy (non-hydrogen) atoms. The van der Waals surface area contributed by atoms with Crippen LogP contribution in [0.2, 0.25) is 0 Å². The molecule has 1 rings (SSSR count). The van der Waals surface area contributed by atoms with Gasteiger partial charge in [0.2, 0.25) is 15.9 Å². The van der Waals surface area contributed by atoms with Crippen LogP contribution in [0, 0.1) is 6.92 Å². The lowest BCUT2D eigenvalue weighted by Crippen LogP contribution is -2.25. The molecular weight excluding hydrogens is 278 g/mol. The van der Waals surface area contributed by atoms with Crippen LogP contribution in [-0.2, 0) is 21.4 Å². The minimum Gasteiger partial charge on any atom is -0.370 e. The number of benzene rings is 1. The summed E-state index contributed by atoms with van der Waals surface area (Å²) in [5.41, 5.74) is 12.3. The number of carbonyl (C=O) groups excluding carboxylic acids is 1. The summed E-state index contributed by atoms with van der Waals surface area (Å²) in [5, 5.41) is 0. The van der Waals surface area contributed by atoms with Crippen molar-refractivity contribution < 1.29 is 13.2 Å². The highest BCUT2D eigenvalue weighted by atomic mass is 32.2. The Labute approximate surface area is 119 Å². The van der Waals surface area contributed by atoms with E-state index < -0.39 is 10.0 Å². The zero-order chi connectivity index (χ0) is 15.2. The quantitative estimate of drug-likeness (QED) is 0.602. The maximum atomic E-state index is 12.0. The van der Waals surface area contributed by atoms with Crippen LogP contribution >= 0.6 is 0 Å². The number of hydrogen-bond donors (Lipinski definition) is 3. The van der Waals surface area contributed by atoms with Crippen molar-refractivity contribution in [2.45, 2.75) is 37.6 Å². The number of carbonyl (C=O) groups is 1. The molecule has 0 bridgehead atoms. The van der Waals surface area contributed by atoms with Crippen molar-refractivity contribution >= 4 is 15.9 Å². The fourth-order valence-corrected chi connectivity index (χ4v) is 2.94. The molecule has 0 heterocycles. The molecule has 7 heteroatoms. The van der Waals surface area contributed by atoms with Gasteiger partial charge in [-0.1, -0.05) is 6.07 Å². The van der Waals surface area contributed by atoms with E-state index in [0.717, 1.165) is 11.1 Å². The molecule has 6 nitrogen and oxygen atoms in total. The van der Waals surface area contributed by atoms with E-state index >= 15 is 0 Å². The molecule has 0 fully saturated rings. The standard InChI is InChI=1S/C13H21N3O3S/c1-10-8-12(6-5-11(10)9-14)20(18,19)16-7-3-2-4-13(15)17/h5-6,8,16H,2-4,7,9,14H2,1H3,(H2,15,17). The second-order valence-electron chi connectivity index (χ2n) is 4.61. The predicted molar refractivity (Wildman–Crippen MR) is 77.3 cm³/mol. The van der Waals surface area contributed by atoms with Gasteiger partial charge in [-0.2, -0.15) is 0 Å². The highest BCUT2D eigenvalue weighted by molar-refractivity contribution is 7.89. The highest BCUT2D eigenvalue weighted by Crippen LogP contribution is 2.15. The molecule has 0 aliphatic carbocycles. The summed E-state index contributed by atoms with van der Waals surface area (Å²) in [6.07, 6.45) is 1.41. The van der Waals surface area contributed by atoms with Gasteiger partial charge in [0.1, 0.15) is 0 Å². The Kier molecular flexibility index (Phi) is 6.12. The molecule has 1 amide bonds. The van der Waals surface area contributed by atoms with Crippen LogP contribution in [0.3, 0.4) is 0 Å². The van der Waals surface area contributed by atoms with E-state index in [0.29, 0.717) is 19.4 Å². The first kappa shape index (κ1) is 16.6. The maximum absolute atomic E-state index is 12.0. The number of nitrogens with one attached hydrogen (secondary N) is 1. The first-order valence-electron chi connectivity index (χ1n) is 6.44. The molecule has 0 atom stereocenters. The van der Waals surface area contributed by atoms with Gasteiger partial charge in [-0.05, 0) is 43.0 Å². The molecule has 0 unspecified atom stereocenters. The van der Waals surface area contributed by atoms with E-state index in [1.165, 1.54) is 0 Å². The van der Waals surface area contributed by atoms with Gasteiger partial charge in [0.25, 0.3) is 0 Å². The van der Waals surface area contributed by atoms with Gasteiger partial charge in [0.05, 0.1) is 4.90 Å². The Bertz CT molecular complexity index is 570. The van der Waals surface area contributed by atoms with Crippen LogP contribution in [0.5, 0.6) is 0 Å². The fraction of sp³-hybridized carbons (Fsp3) is 0.462. The number of amides is 1. The third-order valence-corrected chi connectivity index (χ3v) is 4.45. The van der Waals surface area contributed by atoms with Crippen LogP contribution in [-0.4, -0.2) is 20.9 Å². The van der Waals surface area contributed by atoms with Crippen LogP contribution < -0.4 is 16.2 Å². The number of aryl methyl sites for hydroxylation is 1. The Morgan fingerprint density at radius 1 is 1.30 bits per heavy atom. The number of nitrogens with two attached hydrogens (primary N) is 2. The number of rotatable bonds is 8. The monoisotopic (exact) mass is 299 g/mol. The summed E-state index contributed by atoms with van der Waals surface area (Å²) in [6.45, 7) is 2.49. The highest BCUT2D eigenvalue weighted by Gasteiger charge is 2.14. The predicted octanol–water partition coefficient (Wildman–Crippen LogP) is 0.388. The molecule has 1 aromatic rings. The molecule has 5 N–H and O–H groups in total. The van der Waals surface area contributed by atoms with Crippen molar-refractivity contribution in [2.24, 2.45) is 11.5 Å². The lowest BCUT2D eigenvalue weighted by Gasteiger charge is -2.09. The minimum atomic E-state index is -3.52. The van der Waals surface area contributed by atoms with Gasteiger partial charge in [0, 0.05) is 19.5 Å². The second kappa shape index (κ2) is 7.37. The largest absolute Gasteiger partial charge is 0.370 e. The summed E-state index contributed by atoms with van der Waals surface area (Å²) in [7, 11) is -3.52. The van der Waals surface area contributed by atoms with Crippen molar-refractivity contribution in [3.8, 4) is 0 Å². The van der Waals surface area contributed by atoms with Crippen molar-refractivity contribution in [1.82, 2.24) is 4.72 Å². The minimum absolute atomic E-state index is 0.224. The Hall–Kier alpha value is -1.44. The molecule has 0 radical (unpaired) electrons. The van der Waals surface area contributed by atoms with Gasteiger partial charge in [-0.15, -0.1) is 0 Å². The molecule has 0 aromatic heterocycles. The average Bonchev–Trinajstić information content (AvgIpc) is 2.37. The first-order valence-corrected chi connectivity index (χ1v) is 7.92. The SMILES string of the molecule is Cc1cc(S(=O)(=O)NCCCCC(N)=O)ccc1CN. The van der Waals surface area contributed by atoms with Crippen molar-refractivity contribution in [2.75, 3.05) is 6.54 Å². The average molecular weight is 299 g/mol. The van der Waals surface area contributed by atoms with E-state index in [4.69, 9.17) is 11.5 Å². The summed E-state index contributed by atoms with van der Waals surface area (Å²) < 4.78 is 26.6. The summed E-state index contributed by atoms with van der Waals surface area (Å²) in [4.78, 5) is 10.8. The van der Waals surface area contributed by atoms with E-state index in [1.54, 1.807) is 18.2 Å². The topological polar surface area (TPSA) is 115 Å². The molecule has 112 valence electrons. The third-order valence-electron chi connectivity index (χ3n) is 2.99. The molecule has 0 saturated heterocycles. The number of unbranched alkanes of at least 4 members (excludes halogenated alkanes) is 1. The van der Waals surface area contributed by atoms with Gasteiger partial charge >= 0.3 is 0 Å². The van der Waals surface area contributed by atoms with E-state index in [1.807, 2.05) is 6.92 Å². The van der Waals surface area contributed by atoms with Crippen LogP contribution in [0.4, 0.5) is 0 Å². The van der Waals surface area contributed by atoms with E-state index in [-0.39, 0.29) is 23.8 Å². The molecular formula is C13H21N3O3S. The molecule has 0 aliphatic heterocycles. The van der Waals surface area contributed by atoms with Crippen molar-refractivity contribution in [3.63, 3.8) is 0 Å². The van der Waals surface area contributed by atoms with Crippen LogP contribution in [0.1, 0.15) is 30.4 Å². The first-order chi connectivity index (χ1) is 9.36. The Morgan fingerprint density at radius 2 is 2.00 bits per heavy atom. The lowest BCUT2D eigenvalue weighted by molar-refractivity contribution is -0.118. The molecule has 0 aliphatic rings. The molecule has 0 spiro atoms. The number of primary amides is 1. The van der Waals surface area contributed by atoms with Crippen LogP contribution in [0.15, 0.2) is 23.1 Å². The zero-order valence-electron chi connectivity index (χ0n) is 11.6. The van der Waals surface area contributed by atoms with Gasteiger partial charge in [-0.25, -0.2) is 13.1 Å².